The van der Waals surface area contributed by atoms with Gasteiger partial charge < -0.3 is 14.6 Å². The Morgan fingerprint density at radius 1 is 1.19 bits per heavy atom. The molecule has 0 amide bonds. The Bertz CT molecular complexity index is 772. The van der Waals surface area contributed by atoms with Crippen LogP contribution in [0.3, 0.4) is 0 Å². The molecule has 6 nitrogen and oxygen atoms in total. The highest BCUT2D eigenvalue weighted by molar-refractivity contribution is 5.75. The van der Waals surface area contributed by atoms with Crippen molar-refractivity contribution in [1.82, 2.24) is 9.97 Å². The summed E-state index contributed by atoms with van der Waals surface area (Å²) in [6.07, 6.45) is 3.74. The second kappa shape index (κ2) is 9.28. The third-order valence-corrected chi connectivity index (χ3v) is 4.28. The fourth-order valence-corrected chi connectivity index (χ4v) is 3.03. The van der Waals surface area contributed by atoms with Gasteiger partial charge >= 0.3 is 12.0 Å². The van der Waals surface area contributed by atoms with E-state index in [0.29, 0.717) is 23.4 Å². The third kappa shape index (κ3) is 4.92. The Kier molecular flexibility index (Phi) is 7.07. The fraction of sp³-hybridized carbons (Fsp3) is 0.381. The Labute approximate surface area is 159 Å². The lowest BCUT2D eigenvalue weighted by molar-refractivity contribution is -0.166. The van der Waals surface area contributed by atoms with Crippen LogP contribution >= 0.6 is 0 Å². The molecule has 0 aliphatic rings. The van der Waals surface area contributed by atoms with Crippen molar-refractivity contribution >= 4 is 5.97 Å². The predicted molar refractivity (Wildman–Crippen MR) is 103 cm³/mol. The lowest BCUT2D eigenvalue weighted by Crippen LogP contribution is -2.49. The minimum atomic E-state index is -1.33. The van der Waals surface area contributed by atoms with Gasteiger partial charge in [-0.05, 0) is 31.9 Å². The number of benzene rings is 1. The van der Waals surface area contributed by atoms with E-state index in [1.165, 1.54) is 7.11 Å². The number of hydrogen-bond acceptors (Lipinski definition) is 5. The van der Waals surface area contributed by atoms with Gasteiger partial charge in [0.25, 0.3) is 0 Å². The molecule has 144 valence electrons. The van der Waals surface area contributed by atoms with Crippen LogP contribution in [0, 0.1) is 13.8 Å². The molecule has 0 spiro atoms. The number of ether oxygens (including phenoxy) is 2. The number of rotatable bonds is 9. The van der Waals surface area contributed by atoms with Gasteiger partial charge in [0, 0.05) is 24.9 Å². The van der Waals surface area contributed by atoms with Gasteiger partial charge in [0.05, 0.1) is 0 Å². The summed E-state index contributed by atoms with van der Waals surface area (Å²) in [7, 11) is 1.49. The molecule has 2 rings (SSSR count). The van der Waals surface area contributed by atoms with Crippen molar-refractivity contribution in [1.29, 1.82) is 0 Å². The Balaban J connectivity index is 2.53. The topological polar surface area (TPSA) is 81.5 Å². The molecule has 0 aliphatic heterocycles. The highest BCUT2D eigenvalue weighted by Crippen LogP contribution is 2.35. The molecular formula is C21H26N2O4. The number of methoxy groups -OCH3 is 1. The van der Waals surface area contributed by atoms with E-state index in [1.807, 2.05) is 63.3 Å². The monoisotopic (exact) mass is 370 g/mol. The summed E-state index contributed by atoms with van der Waals surface area (Å²) in [4.78, 5) is 20.6. The Hall–Kier alpha value is -2.73. The van der Waals surface area contributed by atoms with Gasteiger partial charge in [0.15, 0.2) is 0 Å². The van der Waals surface area contributed by atoms with Crippen LogP contribution in [0.4, 0.5) is 0 Å². The summed E-state index contributed by atoms with van der Waals surface area (Å²) in [5.74, 6) is -1.15. The summed E-state index contributed by atoms with van der Waals surface area (Å²) in [6, 6.07) is 11.1. The Morgan fingerprint density at radius 2 is 1.81 bits per heavy atom. The van der Waals surface area contributed by atoms with Gasteiger partial charge in [-0.15, -0.1) is 0 Å². The minimum Gasteiger partial charge on any atom is -0.478 e. The van der Waals surface area contributed by atoms with Crippen molar-refractivity contribution in [2.45, 2.75) is 45.3 Å². The largest absolute Gasteiger partial charge is 0.478 e. The van der Waals surface area contributed by atoms with Crippen LogP contribution in [-0.4, -0.2) is 34.3 Å². The first-order valence-corrected chi connectivity index (χ1v) is 8.90. The summed E-state index contributed by atoms with van der Waals surface area (Å²) >= 11 is 0. The van der Waals surface area contributed by atoms with Gasteiger partial charge in [-0.25, -0.2) is 14.8 Å². The average Bonchev–Trinajstić information content (AvgIpc) is 2.64. The van der Waals surface area contributed by atoms with Crippen molar-refractivity contribution < 1.29 is 19.4 Å². The van der Waals surface area contributed by atoms with Crippen LogP contribution in [0.25, 0.3) is 0 Å². The van der Waals surface area contributed by atoms with Crippen molar-refractivity contribution in [3.8, 4) is 6.01 Å². The molecule has 0 aliphatic carbocycles. The van der Waals surface area contributed by atoms with Crippen LogP contribution in [0.2, 0.25) is 0 Å². The van der Waals surface area contributed by atoms with Crippen molar-refractivity contribution in [2.24, 2.45) is 0 Å². The molecule has 0 bridgehead atoms. The zero-order valence-electron chi connectivity index (χ0n) is 16.2. The highest BCUT2D eigenvalue weighted by atomic mass is 16.6. The van der Waals surface area contributed by atoms with Crippen LogP contribution in [0.15, 0.2) is 48.6 Å². The number of hydrogen-bond donors (Lipinski definition) is 1. The summed E-state index contributed by atoms with van der Waals surface area (Å²) < 4.78 is 11.6. The lowest BCUT2D eigenvalue weighted by atomic mass is 9.84. The first-order valence-electron chi connectivity index (χ1n) is 8.90. The van der Waals surface area contributed by atoms with E-state index in [-0.39, 0.29) is 6.01 Å². The van der Waals surface area contributed by atoms with Crippen molar-refractivity contribution in [2.75, 3.05) is 7.11 Å². The minimum absolute atomic E-state index is 0.0247. The first kappa shape index (κ1) is 20.6. The second-order valence-electron chi connectivity index (χ2n) is 6.31. The van der Waals surface area contributed by atoms with Crippen LogP contribution < -0.4 is 4.74 Å². The van der Waals surface area contributed by atoms with E-state index in [2.05, 4.69) is 9.97 Å². The number of carboxylic acid groups (broad SMARTS) is 1. The molecule has 1 heterocycles. The number of aromatic nitrogens is 2. The van der Waals surface area contributed by atoms with Crippen molar-refractivity contribution in [3.05, 3.63) is 65.5 Å². The average molecular weight is 370 g/mol. The molecule has 2 unspecified atom stereocenters. The third-order valence-electron chi connectivity index (χ3n) is 4.28. The summed E-state index contributed by atoms with van der Waals surface area (Å²) in [5, 5.41) is 9.97. The molecule has 6 heteroatoms. The Morgan fingerprint density at radius 3 is 2.33 bits per heavy atom. The standard InChI is InChI=1S/C21H26N2O4/c1-5-6-10-13-21(26-4,17-11-8-7-9-12-17)18(19(24)25)27-20-22-15(2)14-16(3)23-20/h6-12,14,18H,5,13H2,1-4H3,(H,24,25)/b10-6-. The number of allylic oxidation sites excluding steroid dienone is 1. The molecule has 27 heavy (non-hydrogen) atoms. The molecule has 2 atom stereocenters. The zero-order chi connectivity index (χ0) is 19.9. The molecule has 0 saturated heterocycles. The van der Waals surface area contributed by atoms with E-state index >= 15 is 0 Å². The zero-order valence-corrected chi connectivity index (χ0v) is 16.2. The molecule has 1 aromatic heterocycles. The van der Waals surface area contributed by atoms with Gasteiger partial charge in [-0.1, -0.05) is 49.4 Å². The predicted octanol–water partition coefficient (Wildman–Crippen LogP) is 3.82. The summed E-state index contributed by atoms with van der Waals surface area (Å²) in [5.41, 5.74) is 0.898. The van der Waals surface area contributed by atoms with Gasteiger partial charge in [-0.2, -0.15) is 0 Å². The molecule has 0 fully saturated rings. The number of carbonyl (C=O) groups is 1. The maximum absolute atomic E-state index is 12.2. The number of aryl methyl sites for hydroxylation is 2. The maximum atomic E-state index is 12.2. The van der Waals surface area contributed by atoms with Crippen LogP contribution in [0.1, 0.15) is 36.7 Å². The molecule has 2 aromatic rings. The first-order chi connectivity index (χ1) is 12.9. The van der Waals surface area contributed by atoms with Crippen LogP contribution in [0.5, 0.6) is 6.01 Å². The maximum Gasteiger partial charge on any atom is 0.348 e. The summed E-state index contributed by atoms with van der Waals surface area (Å²) in [6.45, 7) is 5.63. The SMILES string of the molecule is CC/C=C\CC(OC)(c1ccccc1)C(Oc1nc(C)cc(C)n1)C(=O)O. The van der Waals surface area contributed by atoms with E-state index in [9.17, 15) is 9.90 Å². The van der Waals surface area contributed by atoms with Gasteiger partial charge in [0.1, 0.15) is 5.60 Å². The molecule has 1 aromatic carbocycles. The number of carboxylic acids is 1. The highest BCUT2D eigenvalue weighted by Gasteiger charge is 2.47. The van der Waals surface area contributed by atoms with Crippen molar-refractivity contribution in [3.63, 3.8) is 0 Å². The van der Waals surface area contributed by atoms with Gasteiger partial charge in [0.2, 0.25) is 6.10 Å². The molecule has 0 saturated carbocycles. The van der Waals surface area contributed by atoms with Crippen LogP contribution in [-0.2, 0) is 15.1 Å². The molecule has 1 N–H and O–H groups in total. The van der Waals surface area contributed by atoms with E-state index in [0.717, 1.165) is 6.42 Å². The normalized spacial score (nSPS) is 14.7. The van der Waals surface area contributed by atoms with E-state index in [4.69, 9.17) is 9.47 Å². The number of aliphatic carboxylic acids is 1. The number of nitrogens with zero attached hydrogens (tertiary/aromatic N) is 2. The van der Waals surface area contributed by atoms with E-state index in [1.54, 1.807) is 6.07 Å². The van der Waals surface area contributed by atoms with E-state index < -0.39 is 17.7 Å². The van der Waals surface area contributed by atoms with Gasteiger partial charge in [-0.3, -0.25) is 0 Å². The quantitative estimate of drug-likeness (QED) is 0.676. The molecular weight excluding hydrogens is 344 g/mol. The fourth-order valence-electron chi connectivity index (χ4n) is 3.03. The second-order valence-corrected chi connectivity index (χ2v) is 6.31. The molecule has 0 radical (unpaired) electrons. The smallest absolute Gasteiger partial charge is 0.348 e. The lowest BCUT2D eigenvalue weighted by Gasteiger charge is -2.36.